The Hall–Kier alpha value is -2.35. The molecule has 2 unspecified atom stereocenters. The summed E-state index contributed by atoms with van der Waals surface area (Å²) in [5, 5.41) is 12.7. The van der Waals surface area contributed by atoms with E-state index in [0.717, 1.165) is 35.1 Å². The number of rotatable bonds is 3. The number of carbonyl (C=O) groups is 1. The monoisotopic (exact) mass is 485 g/mol. The zero-order valence-electron chi connectivity index (χ0n) is 17.3. The Kier molecular flexibility index (Phi) is 5.50. The van der Waals surface area contributed by atoms with Gasteiger partial charge in [0.05, 0.1) is 25.3 Å². The zero-order chi connectivity index (χ0) is 21.5. The summed E-state index contributed by atoms with van der Waals surface area (Å²) in [5.74, 6) is 1.67. The standard InChI is InChI=1S/C24H24BrNO5/c1-14-3-2-6-26(10-14)11-19-20(27)5-4-18-22(28)21(31-24(18)19)9-15-7-17(25)8-16-12-29-13-30-23(15)16/h4-5,7-9,14,27H,2-3,6,10-13H2,1H3/b21-9-. The number of hydrogen-bond acceptors (Lipinski definition) is 5. The first-order chi connectivity index (χ1) is 15.0. The molecule has 3 aliphatic rings. The molecule has 2 atom stereocenters. The lowest BCUT2D eigenvalue weighted by Crippen LogP contribution is -3.12. The van der Waals surface area contributed by atoms with Gasteiger partial charge in [0, 0.05) is 27.1 Å². The van der Waals surface area contributed by atoms with E-state index in [1.54, 1.807) is 12.1 Å². The van der Waals surface area contributed by atoms with Gasteiger partial charge in [-0.15, -0.1) is 0 Å². The van der Waals surface area contributed by atoms with Crippen molar-refractivity contribution in [3.05, 3.63) is 56.8 Å². The number of carbonyl (C=O) groups excluding carboxylic acids is 1. The Morgan fingerprint density at radius 3 is 3.00 bits per heavy atom. The van der Waals surface area contributed by atoms with Crippen LogP contribution in [0.3, 0.4) is 0 Å². The van der Waals surface area contributed by atoms with Gasteiger partial charge in [-0.3, -0.25) is 4.79 Å². The highest BCUT2D eigenvalue weighted by Gasteiger charge is 2.32. The summed E-state index contributed by atoms with van der Waals surface area (Å²) in [6.45, 7) is 5.51. The molecule has 0 bridgehead atoms. The summed E-state index contributed by atoms with van der Waals surface area (Å²) in [5.41, 5.74) is 2.70. The van der Waals surface area contributed by atoms with E-state index in [1.807, 2.05) is 12.1 Å². The van der Waals surface area contributed by atoms with Gasteiger partial charge >= 0.3 is 0 Å². The molecule has 162 valence electrons. The van der Waals surface area contributed by atoms with Crippen molar-refractivity contribution in [1.82, 2.24) is 0 Å². The van der Waals surface area contributed by atoms with Crippen LogP contribution >= 0.6 is 15.9 Å². The van der Waals surface area contributed by atoms with Crippen LogP contribution in [0.1, 0.15) is 46.8 Å². The molecular weight excluding hydrogens is 462 g/mol. The van der Waals surface area contributed by atoms with Gasteiger partial charge in [0.2, 0.25) is 5.78 Å². The van der Waals surface area contributed by atoms with Gasteiger partial charge in [-0.25, -0.2) is 0 Å². The third-order valence-electron chi connectivity index (χ3n) is 6.18. The third-order valence-corrected chi connectivity index (χ3v) is 6.64. The number of nitrogens with one attached hydrogen (secondary N) is 1. The summed E-state index contributed by atoms with van der Waals surface area (Å²) in [7, 11) is 0. The molecule has 0 spiro atoms. The molecule has 2 aromatic rings. The van der Waals surface area contributed by atoms with Crippen molar-refractivity contribution in [3.8, 4) is 17.2 Å². The van der Waals surface area contributed by atoms with E-state index in [4.69, 9.17) is 14.2 Å². The highest BCUT2D eigenvalue weighted by molar-refractivity contribution is 9.10. The highest BCUT2D eigenvalue weighted by Crippen LogP contribution is 2.40. The number of Topliss-reactive ketones (excluding diaryl/α,β-unsaturated/α-hetero) is 1. The summed E-state index contributed by atoms with van der Waals surface area (Å²) in [4.78, 5) is 14.5. The number of quaternary nitrogens is 1. The maximum Gasteiger partial charge on any atom is 0.231 e. The van der Waals surface area contributed by atoms with Crippen LogP contribution in [0.4, 0.5) is 0 Å². The van der Waals surface area contributed by atoms with Gasteiger partial charge in [0.25, 0.3) is 0 Å². The van der Waals surface area contributed by atoms with Gasteiger partial charge in [-0.1, -0.05) is 34.7 Å². The Morgan fingerprint density at radius 1 is 1.29 bits per heavy atom. The molecule has 7 heteroatoms. The predicted molar refractivity (Wildman–Crippen MR) is 116 cm³/mol. The lowest BCUT2D eigenvalue weighted by atomic mass is 9.99. The van der Waals surface area contributed by atoms with E-state index < -0.39 is 0 Å². The van der Waals surface area contributed by atoms with Crippen LogP contribution in [0.15, 0.2) is 34.5 Å². The van der Waals surface area contributed by atoms with E-state index in [9.17, 15) is 9.90 Å². The second kappa shape index (κ2) is 8.30. The third kappa shape index (κ3) is 3.97. The molecule has 0 aromatic heterocycles. The summed E-state index contributed by atoms with van der Waals surface area (Å²) >= 11 is 3.51. The lowest BCUT2D eigenvalue weighted by molar-refractivity contribution is -0.922. The quantitative estimate of drug-likeness (QED) is 0.676. The summed E-state index contributed by atoms with van der Waals surface area (Å²) < 4.78 is 17.9. The first-order valence-corrected chi connectivity index (χ1v) is 11.4. The molecule has 31 heavy (non-hydrogen) atoms. The van der Waals surface area contributed by atoms with Crippen LogP contribution in [0.5, 0.6) is 17.2 Å². The maximum absolute atomic E-state index is 13.1. The fraction of sp³-hybridized carbons (Fsp3) is 0.375. The molecule has 5 rings (SSSR count). The van der Waals surface area contributed by atoms with E-state index in [2.05, 4.69) is 22.9 Å². The SMILES string of the molecule is CC1CCC[NH+](Cc2c([O-])ccc3c2O/C(=C\c2cc(Br)cc4c2OCOC4)C3=O)C1. The van der Waals surface area contributed by atoms with Gasteiger partial charge in [-0.2, -0.15) is 0 Å². The first-order valence-electron chi connectivity index (χ1n) is 10.6. The van der Waals surface area contributed by atoms with Crippen LogP contribution in [0.2, 0.25) is 0 Å². The van der Waals surface area contributed by atoms with Gasteiger partial charge in [0.1, 0.15) is 18.0 Å². The number of fused-ring (bicyclic) bond motifs is 2. The molecule has 6 nitrogen and oxygen atoms in total. The van der Waals surface area contributed by atoms with Gasteiger partial charge in [0.15, 0.2) is 12.6 Å². The Morgan fingerprint density at radius 2 is 2.16 bits per heavy atom. The minimum Gasteiger partial charge on any atom is -0.872 e. The fourth-order valence-electron chi connectivity index (χ4n) is 4.72. The second-order valence-corrected chi connectivity index (χ2v) is 9.50. The Labute approximate surface area is 189 Å². The van der Waals surface area contributed by atoms with E-state index in [0.29, 0.717) is 41.7 Å². The first kappa shape index (κ1) is 20.5. The van der Waals surface area contributed by atoms with Gasteiger partial charge < -0.3 is 24.2 Å². The topological polar surface area (TPSA) is 72.3 Å². The molecule has 0 aliphatic carbocycles. The average molecular weight is 486 g/mol. The summed E-state index contributed by atoms with van der Waals surface area (Å²) in [6, 6.07) is 6.90. The molecule has 1 N–H and O–H groups in total. The molecule has 0 amide bonds. The van der Waals surface area contributed by atoms with Crippen LogP contribution in [0.25, 0.3) is 6.08 Å². The number of halogens is 1. The molecular formula is C24H24BrNO5. The Bertz CT molecular complexity index is 1080. The van der Waals surface area contributed by atoms with Crippen molar-refractivity contribution in [3.63, 3.8) is 0 Å². The molecule has 3 aliphatic heterocycles. The summed E-state index contributed by atoms with van der Waals surface area (Å²) in [6.07, 6.45) is 4.08. The molecule has 2 aromatic carbocycles. The number of ether oxygens (including phenoxy) is 3. The van der Waals surface area contributed by atoms with Gasteiger partial charge in [-0.05, 0) is 37.1 Å². The Balaban J connectivity index is 1.49. The highest BCUT2D eigenvalue weighted by atomic mass is 79.9. The van der Waals surface area contributed by atoms with Crippen LogP contribution < -0.4 is 19.5 Å². The molecule has 0 radical (unpaired) electrons. The molecule has 1 fully saturated rings. The zero-order valence-corrected chi connectivity index (χ0v) is 18.9. The number of benzene rings is 2. The normalized spacial score (nSPS) is 23.8. The second-order valence-electron chi connectivity index (χ2n) is 8.58. The van der Waals surface area contributed by atoms with E-state index in [1.165, 1.54) is 17.4 Å². The average Bonchev–Trinajstić information content (AvgIpc) is 3.06. The van der Waals surface area contributed by atoms with E-state index >= 15 is 0 Å². The molecule has 0 saturated carbocycles. The van der Waals surface area contributed by atoms with E-state index in [-0.39, 0.29) is 24.1 Å². The largest absolute Gasteiger partial charge is 0.872 e. The number of likely N-dealkylation sites (tertiary alicyclic amines) is 1. The predicted octanol–water partition coefficient (Wildman–Crippen LogP) is 2.82. The number of ketones is 1. The van der Waals surface area contributed by atoms with Crippen molar-refractivity contribution in [2.45, 2.75) is 32.9 Å². The van der Waals surface area contributed by atoms with Crippen molar-refractivity contribution < 1.29 is 29.0 Å². The number of allylic oxidation sites excluding steroid dienone is 1. The smallest absolute Gasteiger partial charge is 0.231 e. The van der Waals surface area contributed by atoms with Crippen LogP contribution in [0, 0.1) is 5.92 Å². The molecule has 3 heterocycles. The molecule has 1 saturated heterocycles. The minimum atomic E-state index is -0.209. The number of piperidine rings is 1. The fourth-order valence-corrected chi connectivity index (χ4v) is 5.24. The van der Waals surface area contributed by atoms with Crippen molar-refractivity contribution in [2.75, 3.05) is 19.9 Å². The van der Waals surface area contributed by atoms with Crippen LogP contribution in [-0.2, 0) is 17.9 Å². The van der Waals surface area contributed by atoms with Crippen molar-refractivity contribution in [2.24, 2.45) is 5.92 Å². The van der Waals surface area contributed by atoms with Crippen molar-refractivity contribution >= 4 is 27.8 Å². The van der Waals surface area contributed by atoms with Crippen LogP contribution in [-0.4, -0.2) is 25.7 Å². The van der Waals surface area contributed by atoms with Crippen molar-refractivity contribution in [1.29, 1.82) is 0 Å². The lowest BCUT2D eigenvalue weighted by Gasteiger charge is -2.29. The minimum absolute atomic E-state index is 0.0705. The maximum atomic E-state index is 13.1. The number of hydrogen-bond donors (Lipinski definition) is 1.